The molecule has 0 unspecified atom stereocenters. The highest BCUT2D eigenvalue weighted by atomic mass is 32.2. The number of benzene rings is 1. The van der Waals surface area contributed by atoms with E-state index >= 15 is 0 Å². The predicted molar refractivity (Wildman–Crippen MR) is 80.8 cm³/mol. The fourth-order valence-electron chi connectivity index (χ4n) is 2.48. The quantitative estimate of drug-likeness (QED) is 0.836. The van der Waals surface area contributed by atoms with Crippen molar-refractivity contribution in [1.82, 2.24) is 4.31 Å². The van der Waals surface area contributed by atoms with Crippen LogP contribution in [0.15, 0.2) is 29.2 Å². The molecule has 1 fully saturated rings. The van der Waals surface area contributed by atoms with Crippen molar-refractivity contribution >= 4 is 10.0 Å². The van der Waals surface area contributed by atoms with Crippen LogP contribution in [0, 0.1) is 0 Å². The molecule has 0 bridgehead atoms. The molecule has 0 atom stereocenters. The molecule has 118 valence electrons. The Morgan fingerprint density at radius 2 is 1.81 bits per heavy atom. The van der Waals surface area contributed by atoms with Crippen LogP contribution in [0.1, 0.15) is 33.1 Å². The summed E-state index contributed by atoms with van der Waals surface area (Å²) in [7, 11) is -3.51. The normalized spacial score (nSPS) is 18.2. The molecular weight excluding hydrogens is 290 g/mol. The molecule has 0 radical (unpaired) electrons. The molecule has 0 amide bonds. The molecule has 1 aromatic rings. The predicted octanol–water partition coefficient (Wildman–Crippen LogP) is 2.01. The van der Waals surface area contributed by atoms with E-state index in [1.165, 1.54) is 4.31 Å². The molecule has 0 saturated carbocycles. The van der Waals surface area contributed by atoms with Gasteiger partial charge < -0.3 is 9.84 Å². The lowest BCUT2D eigenvalue weighted by Crippen LogP contribution is -2.63. The number of ether oxygens (including phenoxy) is 1. The van der Waals surface area contributed by atoms with Crippen LogP contribution in [0.25, 0.3) is 0 Å². The Labute approximate surface area is 126 Å². The minimum atomic E-state index is -3.51. The van der Waals surface area contributed by atoms with Gasteiger partial charge in [-0.05, 0) is 37.1 Å². The molecule has 21 heavy (non-hydrogen) atoms. The van der Waals surface area contributed by atoms with Gasteiger partial charge in [0.15, 0.2) is 0 Å². The molecule has 1 N–H and O–H groups in total. The zero-order valence-electron chi connectivity index (χ0n) is 12.6. The molecular formula is C15H23NO4S. The summed E-state index contributed by atoms with van der Waals surface area (Å²) in [4.78, 5) is 0.241. The Kier molecular flexibility index (Phi) is 4.91. The second-order valence-corrected chi connectivity index (χ2v) is 7.51. The Balaban J connectivity index is 2.04. The van der Waals surface area contributed by atoms with Crippen molar-refractivity contribution in [3.05, 3.63) is 24.3 Å². The Bertz CT molecular complexity index is 562. The molecule has 1 aliphatic heterocycles. The Hall–Kier alpha value is -1.11. The zero-order chi connectivity index (χ0) is 15.5. The van der Waals surface area contributed by atoms with Gasteiger partial charge in [0.2, 0.25) is 10.0 Å². The van der Waals surface area contributed by atoms with Crippen LogP contribution >= 0.6 is 0 Å². The second kappa shape index (κ2) is 6.34. The van der Waals surface area contributed by atoms with E-state index in [2.05, 4.69) is 0 Å². The van der Waals surface area contributed by atoms with E-state index in [9.17, 15) is 13.5 Å². The van der Waals surface area contributed by atoms with Crippen molar-refractivity contribution in [2.24, 2.45) is 0 Å². The van der Waals surface area contributed by atoms with Crippen LogP contribution in [0.2, 0.25) is 0 Å². The third-order valence-corrected chi connectivity index (χ3v) is 5.40. The molecule has 0 aliphatic carbocycles. The molecule has 1 aliphatic rings. The van der Waals surface area contributed by atoms with Gasteiger partial charge in [0, 0.05) is 13.1 Å². The maximum Gasteiger partial charge on any atom is 0.243 e. The SMILES string of the molecule is CCCOc1ccc(S(=O)(=O)N2CC(O)(CCC)C2)cc1. The summed E-state index contributed by atoms with van der Waals surface area (Å²) in [6, 6.07) is 6.44. The summed E-state index contributed by atoms with van der Waals surface area (Å²) in [5, 5.41) is 10.1. The second-order valence-electron chi connectivity index (χ2n) is 5.57. The highest BCUT2D eigenvalue weighted by Gasteiger charge is 2.46. The molecule has 6 heteroatoms. The van der Waals surface area contributed by atoms with E-state index in [-0.39, 0.29) is 18.0 Å². The van der Waals surface area contributed by atoms with Crippen LogP contribution in [-0.2, 0) is 10.0 Å². The van der Waals surface area contributed by atoms with E-state index in [4.69, 9.17) is 4.74 Å². The first kappa shape index (κ1) is 16.3. The van der Waals surface area contributed by atoms with Gasteiger partial charge in [-0.1, -0.05) is 20.3 Å². The summed E-state index contributed by atoms with van der Waals surface area (Å²) < 4.78 is 31.6. The largest absolute Gasteiger partial charge is 0.494 e. The molecule has 0 spiro atoms. The van der Waals surface area contributed by atoms with Crippen molar-refractivity contribution in [3.63, 3.8) is 0 Å². The smallest absolute Gasteiger partial charge is 0.243 e. The van der Waals surface area contributed by atoms with Crippen LogP contribution < -0.4 is 4.74 Å². The highest BCUT2D eigenvalue weighted by Crippen LogP contribution is 2.31. The molecule has 0 aromatic heterocycles. The standard InChI is InChI=1S/C15H23NO4S/c1-3-9-15(17)11-16(12-15)21(18,19)14-7-5-13(6-8-14)20-10-4-2/h5-8,17H,3-4,9-12H2,1-2H3. The van der Waals surface area contributed by atoms with Gasteiger partial charge >= 0.3 is 0 Å². The first-order valence-corrected chi connectivity index (χ1v) is 8.81. The lowest BCUT2D eigenvalue weighted by atomic mass is 9.92. The monoisotopic (exact) mass is 313 g/mol. The van der Waals surface area contributed by atoms with E-state index in [1.54, 1.807) is 24.3 Å². The molecule has 1 heterocycles. The van der Waals surface area contributed by atoms with Gasteiger partial charge in [0.05, 0.1) is 17.1 Å². The van der Waals surface area contributed by atoms with Gasteiger partial charge in [-0.2, -0.15) is 4.31 Å². The summed E-state index contributed by atoms with van der Waals surface area (Å²) in [5.74, 6) is 0.668. The highest BCUT2D eigenvalue weighted by molar-refractivity contribution is 7.89. The average molecular weight is 313 g/mol. The third kappa shape index (κ3) is 3.56. The fraction of sp³-hybridized carbons (Fsp3) is 0.600. The van der Waals surface area contributed by atoms with Crippen molar-refractivity contribution in [1.29, 1.82) is 0 Å². The minimum absolute atomic E-state index is 0.178. The van der Waals surface area contributed by atoms with Crippen molar-refractivity contribution in [2.45, 2.75) is 43.6 Å². The van der Waals surface area contributed by atoms with Gasteiger partial charge in [-0.15, -0.1) is 0 Å². The minimum Gasteiger partial charge on any atom is -0.494 e. The zero-order valence-corrected chi connectivity index (χ0v) is 13.4. The molecule has 1 saturated heterocycles. The van der Waals surface area contributed by atoms with E-state index in [0.717, 1.165) is 12.8 Å². The van der Waals surface area contributed by atoms with Crippen molar-refractivity contribution < 1.29 is 18.3 Å². The topological polar surface area (TPSA) is 66.8 Å². The van der Waals surface area contributed by atoms with Gasteiger partial charge in [0.1, 0.15) is 5.75 Å². The van der Waals surface area contributed by atoms with Gasteiger partial charge in [-0.3, -0.25) is 0 Å². The van der Waals surface area contributed by atoms with Crippen LogP contribution in [0.5, 0.6) is 5.75 Å². The van der Waals surface area contributed by atoms with Crippen molar-refractivity contribution in [3.8, 4) is 5.75 Å². The maximum atomic E-state index is 12.4. The molecule has 5 nitrogen and oxygen atoms in total. The Morgan fingerprint density at radius 3 is 2.33 bits per heavy atom. The number of nitrogens with zero attached hydrogens (tertiary/aromatic N) is 1. The summed E-state index contributed by atoms with van der Waals surface area (Å²) in [6.45, 7) is 4.96. The van der Waals surface area contributed by atoms with E-state index in [1.807, 2.05) is 13.8 Å². The summed E-state index contributed by atoms with van der Waals surface area (Å²) in [5.41, 5.74) is -0.855. The first-order valence-electron chi connectivity index (χ1n) is 7.37. The van der Waals surface area contributed by atoms with Crippen LogP contribution in [0.4, 0.5) is 0 Å². The van der Waals surface area contributed by atoms with E-state index < -0.39 is 15.6 Å². The number of aliphatic hydroxyl groups is 1. The molecule has 2 rings (SSSR count). The van der Waals surface area contributed by atoms with Crippen molar-refractivity contribution in [2.75, 3.05) is 19.7 Å². The first-order chi connectivity index (χ1) is 9.91. The average Bonchev–Trinajstić information content (AvgIpc) is 2.43. The number of sulfonamides is 1. The molecule has 1 aromatic carbocycles. The lowest BCUT2D eigenvalue weighted by molar-refractivity contribution is -0.0653. The summed E-state index contributed by atoms with van der Waals surface area (Å²) in [6.07, 6.45) is 2.38. The van der Waals surface area contributed by atoms with Gasteiger partial charge in [-0.25, -0.2) is 8.42 Å². The van der Waals surface area contributed by atoms with Gasteiger partial charge in [0.25, 0.3) is 0 Å². The number of hydrogen-bond donors (Lipinski definition) is 1. The fourth-order valence-corrected chi connectivity index (χ4v) is 4.08. The number of rotatable bonds is 7. The number of hydrogen-bond acceptors (Lipinski definition) is 4. The van der Waals surface area contributed by atoms with Crippen LogP contribution in [-0.4, -0.2) is 43.1 Å². The lowest BCUT2D eigenvalue weighted by Gasteiger charge is -2.45. The van der Waals surface area contributed by atoms with E-state index in [0.29, 0.717) is 18.8 Å². The van der Waals surface area contributed by atoms with Crippen LogP contribution in [0.3, 0.4) is 0 Å². The summed E-state index contributed by atoms with van der Waals surface area (Å²) >= 11 is 0. The Morgan fingerprint density at radius 1 is 1.19 bits per heavy atom. The third-order valence-electron chi connectivity index (χ3n) is 3.59. The number of β-amino-alcohol motifs (C(OH)–C–C–N with tert-alkyl or cyclic N) is 1. The maximum absolute atomic E-state index is 12.4.